The molecule has 1 aromatic rings. The predicted octanol–water partition coefficient (Wildman–Crippen LogP) is 3.45. The number of hydrogen-bond donors (Lipinski definition) is 2. The Morgan fingerprint density at radius 3 is 2.32 bits per heavy atom. The molecule has 3 N–H and O–H groups in total. The van der Waals surface area contributed by atoms with Crippen molar-refractivity contribution in [3.63, 3.8) is 0 Å². The summed E-state index contributed by atoms with van der Waals surface area (Å²) < 4.78 is 5.67. The van der Waals surface area contributed by atoms with Gasteiger partial charge in [-0.05, 0) is 43.9 Å². The maximum absolute atomic E-state index is 12.2. The SMILES string of the molecule is CC(C)Oc1cccc(C(C)NC(=O)[C@@H](N)C(C)(C)C)c1.Cl. The van der Waals surface area contributed by atoms with Gasteiger partial charge >= 0.3 is 0 Å². The van der Waals surface area contributed by atoms with E-state index in [1.54, 1.807) is 0 Å². The lowest BCUT2D eigenvalue weighted by Gasteiger charge is -2.27. The lowest BCUT2D eigenvalue weighted by Crippen LogP contribution is -2.49. The lowest BCUT2D eigenvalue weighted by atomic mass is 9.86. The zero-order valence-corrected chi connectivity index (χ0v) is 15.2. The van der Waals surface area contributed by atoms with Crippen molar-refractivity contribution in [3.05, 3.63) is 29.8 Å². The largest absolute Gasteiger partial charge is 0.491 e. The predicted molar refractivity (Wildman–Crippen MR) is 93.4 cm³/mol. The molecule has 1 amide bonds. The summed E-state index contributed by atoms with van der Waals surface area (Å²) in [5.74, 6) is 0.675. The van der Waals surface area contributed by atoms with Gasteiger partial charge in [0.25, 0.3) is 0 Å². The summed E-state index contributed by atoms with van der Waals surface area (Å²) in [5, 5.41) is 2.96. The first kappa shape index (κ1) is 20.7. The molecule has 0 aromatic heterocycles. The van der Waals surface area contributed by atoms with Crippen molar-refractivity contribution in [2.24, 2.45) is 11.1 Å². The number of carbonyl (C=O) groups excluding carboxylic acids is 1. The molecule has 0 saturated heterocycles. The van der Waals surface area contributed by atoms with Gasteiger partial charge in [-0.1, -0.05) is 32.9 Å². The number of benzene rings is 1. The van der Waals surface area contributed by atoms with Gasteiger partial charge in [0.1, 0.15) is 5.75 Å². The average Bonchev–Trinajstić information content (AvgIpc) is 2.36. The second kappa shape index (κ2) is 8.39. The summed E-state index contributed by atoms with van der Waals surface area (Å²) in [6.45, 7) is 11.8. The van der Waals surface area contributed by atoms with Crippen LogP contribution in [0.15, 0.2) is 24.3 Å². The van der Waals surface area contributed by atoms with Gasteiger partial charge in [0, 0.05) is 0 Å². The smallest absolute Gasteiger partial charge is 0.237 e. The number of halogens is 1. The maximum Gasteiger partial charge on any atom is 0.237 e. The molecule has 126 valence electrons. The molecular weight excluding hydrogens is 300 g/mol. The number of nitrogens with two attached hydrogens (primary N) is 1. The standard InChI is InChI=1S/C17H28N2O2.ClH/c1-11(2)21-14-9-7-8-13(10-14)12(3)19-16(20)15(18)17(4,5)6;/h7-12,15H,18H2,1-6H3,(H,19,20);1H/t12?,15-;/m1./s1. The molecule has 0 aliphatic rings. The van der Waals surface area contributed by atoms with Crippen LogP contribution in [0.2, 0.25) is 0 Å². The first-order chi connectivity index (χ1) is 9.61. The molecule has 22 heavy (non-hydrogen) atoms. The van der Waals surface area contributed by atoms with Crippen molar-refractivity contribution in [1.82, 2.24) is 5.32 Å². The molecule has 4 nitrogen and oxygen atoms in total. The van der Waals surface area contributed by atoms with Gasteiger partial charge in [0.2, 0.25) is 5.91 Å². The summed E-state index contributed by atoms with van der Waals surface area (Å²) in [4.78, 5) is 12.2. The minimum Gasteiger partial charge on any atom is -0.491 e. The third kappa shape index (κ3) is 6.24. The van der Waals surface area contributed by atoms with Crippen LogP contribution in [-0.2, 0) is 4.79 Å². The van der Waals surface area contributed by atoms with Crippen LogP contribution in [-0.4, -0.2) is 18.1 Å². The zero-order chi connectivity index (χ0) is 16.2. The molecule has 0 bridgehead atoms. The normalized spacial score (nSPS) is 14.0. The van der Waals surface area contributed by atoms with Crippen LogP contribution < -0.4 is 15.8 Å². The van der Waals surface area contributed by atoms with Crippen molar-refractivity contribution < 1.29 is 9.53 Å². The van der Waals surface area contributed by atoms with E-state index < -0.39 is 6.04 Å². The Hall–Kier alpha value is -1.26. The van der Waals surface area contributed by atoms with Crippen molar-refractivity contribution in [2.75, 3.05) is 0 Å². The number of amides is 1. The van der Waals surface area contributed by atoms with Crippen LogP contribution in [0.3, 0.4) is 0 Å². The number of hydrogen-bond acceptors (Lipinski definition) is 3. The first-order valence-corrected chi connectivity index (χ1v) is 7.44. The van der Waals surface area contributed by atoms with E-state index >= 15 is 0 Å². The number of carbonyl (C=O) groups is 1. The van der Waals surface area contributed by atoms with Crippen LogP contribution in [0.25, 0.3) is 0 Å². The molecule has 0 aliphatic heterocycles. The van der Waals surface area contributed by atoms with Gasteiger partial charge in [-0.2, -0.15) is 0 Å². The minimum atomic E-state index is -0.532. The molecule has 0 saturated carbocycles. The molecule has 0 radical (unpaired) electrons. The third-order valence-corrected chi connectivity index (χ3v) is 3.30. The Labute approximate surface area is 140 Å². The molecule has 1 unspecified atom stereocenters. The molecule has 1 rings (SSSR count). The van der Waals surface area contributed by atoms with Gasteiger partial charge in [-0.15, -0.1) is 12.4 Å². The van der Waals surface area contributed by atoms with Crippen molar-refractivity contribution >= 4 is 18.3 Å². The fraction of sp³-hybridized carbons (Fsp3) is 0.588. The molecule has 1 aromatic carbocycles. The second-order valence-electron chi connectivity index (χ2n) is 6.81. The lowest BCUT2D eigenvalue weighted by molar-refractivity contribution is -0.125. The monoisotopic (exact) mass is 328 g/mol. The van der Waals surface area contributed by atoms with Crippen LogP contribution in [0.4, 0.5) is 0 Å². The first-order valence-electron chi connectivity index (χ1n) is 7.44. The van der Waals surface area contributed by atoms with Gasteiger partial charge in [-0.25, -0.2) is 0 Å². The molecule has 0 aliphatic carbocycles. The van der Waals surface area contributed by atoms with Gasteiger partial charge in [0.05, 0.1) is 18.2 Å². The van der Waals surface area contributed by atoms with Crippen LogP contribution >= 0.6 is 12.4 Å². The van der Waals surface area contributed by atoms with Crippen molar-refractivity contribution in [3.8, 4) is 5.75 Å². The summed E-state index contributed by atoms with van der Waals surface area (Å²) in [6.07, 6.45) is 0.125. The molecular formula is C17H29ClN2O2. The quantitative estimate of drug-likeness (QED) is 0.870. The Morgan fingerprint density at radius 1 is 1.23 bits per heavy atom. The number of ether oxygens (including phenoxy) is 1. The fourth-order valence-corrected chi connectivity index (χ4v) is 1.91. The highest BCUT2D eigenvalue weighted by Gasteiger charge is 2.28. The van der Waals surface area contributed by atoms with Crippen molar-refractivity contribution in [1.29, 1.82) is 0 Å². The highest BCUT2D eigenvalue weighted by atomic mass is 35.5. The fourth-order valence-electron chi connectivity index (χ4n) is 1.91. The minimum absolute atomic E-state index is 0. The van der Waals surface area contributed by atoms with Crippen LogP contribution in [0, 0.1) is 5.41 Å². The molecule has 0 spiro atoms. The number of nitrogens with one attached hydrogen (secondary N) is 1. The van der Waals surface area contributed by atoms with E-state index in [0.717, 1.165) is 11.3 Å². The topological polar surface area (TPSA) is 64.3 Å². The molecule has 2 atom stereocenters. The van der Waals surface area contributed by atoms with Gasteiger partial charge in [0.15, 0.2) is 0 Å². The van der Waals surface area contributed by atoms with E-state index in [1.165, 1.54) is 0 Å². The molecule has 0 heterocycles. The van der Waals surface area contributed by atoms with E-state index in [1.807, 2.05) is 65.8 Å². The van der Waals surface area contributed by atoms with Gasteiger partial charge < -0.3 is 15.8 Å². The Bertz CT molecular complexity index is 484. The highest BCUT2D eigenvalue weighted by Crippen LogP contribution is 2.22. The average molecular weight is 329 g/mol. The Kier molecular flexibility index (Phi) is 7.91. The Morgan fingerprint density at radius 2 is 1.82 bits per heavy atom. The van der Waals surface area contributed by atoms with E-state index in [-0.39, 0.29) is 35.9 Å². The van der Waals surface area contributed by atoms with Crippen LogP contribution in [0.5, 0.6) is 5.75 Å². The van der Waals surface area contributed by atoms with E-state index in [2.05, 4.69) is 5.32 Å². The Balaban J connectivity index is 0.00000441. The zero-order valence-electron chi connectivity index (χ0n) is 14.3. The van der Waals surface area contributed by atoms with Gasteiger partial charge in [-0.3, -0.25) is 4.79 Å². The summed E-state index contributed by atoms with van der Waals surface area (Å²) >= 11 is 0. The summed E-state index contributed by atoms with van der Waals surface area (Å²) in [6, 6.07) is 7.13. The third-order valence-electron chi connectivity index (χ3n) is 3.30. The second-order valence-corrected chi connectivity index (χ2v) is 6.81. The van der Waals surface area contributed by atoms with Crippen molar-refractivity contribution in [2.45, 2.75) is 59.7 Å². The van der Waals surface area contributed by atoms with E-state index in [9.17, 15) is 4.79 Å². The van der Waals surface area contributed by atoms with E-state index in [4.69, 9.17) is 10.5 Å². The molecule has 5 heteroatoms. The summed E-state index contributed by atoms with van der Waals surface area (Å²) in [7, 11) is 0. The van der Waals surface area contributed by atoms with Crippen LogP contribution in [0.1, 0.15) is 53.1 Å². The summed E-state index contributed by atoms with van der Waals surface area (Å²) in [5.41, 5.74) is 6.72. The number of rotatable bonds is 5. The maximum atomic E-state index is 12.2. The molecule has 0 fully saturated rings. The highest BCUT2D eigenvalue weighted by molar-refractivity contribution is 5.85. The van der Waals surface area contributed by atoms with E-state index in [0.29, 0.717) is 0 Å².